The number of phenols is 1. The van der Waals surface area contributed by atoms with Crippen LogP contribution in [0.2, 0.25) is 0 Å². The van der Waals surface area contributed by atoms with Crippen LogP contribution in [-0.2, 0) is 4.79 Å². The van der Waals surface area contributed by atoms with Gasteiger partial charge in [0, 0.05) is 6.42 Å². The average molecular weight is 260 g/mol. The van der Waals surface area contributed by atoms with Gasteiger partial charge in [0.1, 0.15) is 0 Å². The Balaban J connectivity index is 2.55. The van der Waals surface area contributed by atoms with Crippen LogP contribution in [0.25, 0.3) is 6.08 Å². The maximum Gasteiger partial charge on any atom is 0.160 e. The van der Waals surface area contributed by atoms with Crippen LogP contribution < -0.4 is 4.74 Å². The lowest BCUT2D eigenvalue weighted by Crippen LogP contribution is -1.90. The predicted molar refractivity (Wildman–Crippen MR) is 77.4 cm³/mol. The van der Waals surface area contributed by atoms with Gasteiger partial charge < -0.3 is 9.84 Å². The van der Waals surface area contributed by atoms with Crippen molar-refractivity contribution < 1.29 is 14.6 Å². The Hall–Kier alpha value is -2.03. The lowest BCUT2D eigenvalue weighted by molar-refractivity contribution is -0.114. The van der Waals surface area contributed by atoms with Gasteiger partial charge in [-0.2, -0.15) is 0 Å². The van der Waals surface area contributed by atoms with E-state index in [0.29, 0.717) is 12.2 Å². The van der Waals surface area contributed by atoms with Gasteiger partial charge in [-0.25, -0.2) is 0 Å². The summed E-state index contributed by atoms with van der Waals surface area (Å²) in [6.45, 7) is 2.06. The summed E-state index contributed by atoms with van der Waals surface area (Å²) in [7, 11) is 1.51. The van der Waals surface area contributed by atoms with Crippen molar-refractivity contribution in [2.24, 2.45) is 0 Å². The molecule has 0 aliphatic carbocycles. The number of hydrogen-bond donors (Lipinski definition) is 1. The fourth-order valence-electron chi connectivity index (χ4n) is 1.57. The number of allylic oxidation sites excluding steroid dienone is 3. The molecule has 1 N–H and O–H groups in total. The number of aromatic hydroxyl groups is 1. The maximum absolute atomic E-state index is 11.4. The second-order valence-corrected chi connectivity index (χ2v) is 4.22. The molecule has 0 aliphatic rings. The van der Waals surface area contributed by atoms with Crippen molar-refractivity contribution >= 4 is 11.9 Å². The van der Waals surface area contributed by atoms with Gasteiger partial charge >= 0.3 is 0 Å². The number of phenolic OH excluding ortho intramolecular Hbond substituents is 1. The lowest BCUT2D eigenvalue weighted by Gasteiger charge is -2.02. The van der Waals surface area contributed by atoms with Gasteiger partial charge in [-0.15, -0.1) is 0 Å². The van der Waals surface area contributed by atoms with E-state index in [1.165, 1.54) is 7.11 Å². The smallest absolute Gasteiger partial charge is 0.160 e. The second-order valence-electron chi connectivity index (χ2n) is 4.22. The van der Waals surface area contributed by atoms with Crippen LogP contribution in [0.15, 0.2) is 36.4 Å². The monoisotopic (exact) mass is 260 g/mol. The standard InChI is InChI=1S/C16H20O3/c1-3-4-8-14(17)9-6-5-7-13-10-11-16(19-2)15(18)12-13/h5-7,9-12,18H,3-4,8H2,1-2H3. The zero-order chi connectivity index (χ0) is 14.1. The number of ether oxygens (including phenoxy) is 1. The molecule has 19 heavy (non-hydrogen) atoms. The van der Waals surface area contributed by atoms with E-state index < -0.39 is 0 Å². The molecule has 0 saturated carbocycles. The molecule has 1 rings (SSSR count). The minimum absolute atomic E-state index is 0.104. The number of carbonyl (C=O) groups is 1. The Bertz CT molecular complexity index is 473. The van der Waals surface area contributed by atoms with Gasteiger partial charge in [0.05, 0.1) is 7.11 Å². The normalized spacial score (nSPS) is 11.3. The fraction of sp³-hybridized carbons (Fsp3) is 0.312. The topological polar surface area (TPSA) is 46.5 Å². The van der Waals surface area contributed by atoms with Crippen molar-refractivity contribution in [3.63, 3.8) is 0 Å². The summed E-state index contributed by atoms with van der Waals surface area (Å²) in [5.41, 5.74) is 0.851. The minimum atomic E-state index is 0.104. The van der Waals surface area contributed by atoms with Crippen LogP contribution in [-0.4, -0.2) is 18.0 Å². The average Bonchev–Trinajstić information content (AvgIpc) is 2.41. The van der Waals surface area contributed by atoms with Crippen molar-refractivity contribution in [2.45, 2.75) is 26.2 Å². The van der Waals surface area contributed by atoms with E-state index in [2.05, 4.69) is 6.92 Å². The fourth-order valence-corrected chi connectivity index (χ4v) is 1.57. The van der Waals surface area contributed by atoms with Crippen molar-refractivity contribution in [2.75, 3.05) is 7.11 Å². The summed E-state index contributed by atoms with van der Waals surface area (Å²) in [4.78, 5) is 11.4. The van der Waals surface area contributed by atoms with Crippen LogP contribution in [0.5, 0.6) is 11.5 Å². The Labute approximate surface area is 114 Å². The molecule has 0 aromatic heterocycles. The molecule has 0 heterocycles. The molecule has 1 aromatic carbocycles. The molecule has 0 fully saturated rings. The maximum atomic E-state index is 11.4. The number of hydrogen-bond acceptors (Lipinski definition) is 3. The summed E-state index contributed by atoms with van der Waals surface area (Å²) in [6.07, 6.45) is 9.46. The molecule has 0 aliphatic heterocycles. The van der Waals surface area contributed by atoms with Gasteiger partial charge in [-0.05, 0) is 30.2 Å². The molecular weight excluding hydrogens is 240 g/mol. The summed E-state index contributed by atoms with van der Waals surface area (Å²) >= 11 is 0. The number of benzene rings is 1. The highest BCUT2D eigenvalue weighted by atomic mass is 16.5. The van der Waals surface area contributed by atoms with Crippen LogP contribution in [0.3, 0.4) is 0 Å². The van der Waals surface area contributed by atoms with Crippen LogP contribution in [0.4, 0.5) is 0 Å². The summed E-state index contributed by atoms with van der Waals surface area (Å²) in [5, 5.41) is 9.60. The van der Waals surface area contributed by atoms with E-state index in [0.717, 1.165) is 18.4 Å². The molecule has 0 radical (unpaired) electrons. The van der Waals surface area contributed by atoms with Crippen LogP contribution >= 0.6 is 0 Å². The van der Waals surface area contributed by atoms with E-state index >= 15 is 0 Å². The van der Waals surface area contributed by atoms with Gasteiger partial charge in [-0.1, -0.05) is 37.6 Å². The summed E-state index contributed by atoms with van der Waals surface area (Å²) in [5.74, 6) is 0.694. The van der Waals surface area contributed by atoms with Crippen LogP contribution in [0, 0.1) is 0 Å². The predicted octanol–water partition coefficient (Wildman–Crippen LogP) is 3.73. The molecule has 0 atom stereocenters. The zero-order valence-electron chi connectivity index (χ0n) is 11.4. The first-order chi connectivity index (χ1) is 9.17. The highest BCUT2D eigenvalue weighted by Gasteiger charge is 1.99. The molecule has 3 heteroatoms. The quantitative estimate of drug-likeness (QED) is 0.600. The second kappa shape index (κ2) is 8.14. The first-order valence-electron chi connectivity index (χ1n) is 6.42. The Kier molecular flexibility index (Phi) is 6.44. The van der Waals surface area contributed by atoms with E-state index in [4.69, 9.17) is 4.74 Å². The van der Waals surface area contributed by atoms with Gasteiger partial charge in [0.2, 0.25) is 0 Å². The van der Waals surface area contributed by atoms with Gasteiger partial charge in [0.15, 0.2) is 17.3 Å². The minimum Gasteiger partial charge on any atom is -0.504 e. The molecule has 0 amide bonds. The van der Waals surface area contributed by atoms with Gasteiger partial charge in [0.25, 0.3) is 0 Å². The number of ketones is 1. The molecule has 0 bridgehead atoms. The molecular formula is C16H20O3. The number of carbonyl (C=O) groups excluding carboxylic acids is 1. The third-order valence-electron chi connectivity index (χ3n) is 2.66. The molecule has 0 saturated heterocycles. The molecule has 1 aromatic rings. The van der Waals surface area contributed by atoms with E-state index in [1.807, 2.05) is 12.1 Å². The van der Waals surface area contributed by atoms with Crippen molar-refractivity contribution in [3.05, 3.63) is 42.0 Å². The highest BCUT2D eigenvalue weighted by Crippen LogP contribution is 2.26. The van der Waals surface area contributed by atoms with E-state index in [9.17, 15) is 9.90 Å². The first-order valence-corrected chi connectivity index (χ1v) is 6.42. The SMILES string of the molecule is CCCCC(=O)C=CC=Cc1ccc(OC)c(O)c1. The van der Waals surface area contributed by atoms with Crippen molar-refractivity contribution in [3.8, 4) is 11.5 Å². The van der Waals surface area contributed by atoms with E-state index in [-0.39, 0.29) is 11.5 Å². The summed E-state index contributed by atoms with van der Waals surface area (Å²) in [6, 6.07) is 5.15. The largest absolute Gasteiger partial charge is 0.504 e. The Morgan fingerprint density at radius 1 is 1.37 bits per heavy atom. The lowest BCUT2D eigenvalue weighted by atomic mass is 10.1. The third-order valence-corrected chi connectivity index (χ3v) is 2.66. The molecule has 0 unspecified atom stereocenters. The Morgan fingerprint density at radius 2 is 2.16 bits per heavy atom. The number of methoxy groups -OCH3 is 1. The van der Waals surface area contributed by atoms with Gasteiger partial charge in [-0.3, -0.25) is 4.79 Å². The molecule has 0 spiro atoms. The van der Waals surface area contributed by atoms with E-state index in [1.54, 1.807) is 30.4 Å². The number of unbranched alkanes of at least 4 members (excludes halogenated alkanes) is 1. The zero-order valence-corrected chi connectivity index (χ0v) is 11.4. The van der Waals surface area contributed by atoms with Crippen molar-refractivity contribution in [1.29, 1.82) is 0 Å². The number of rotatable bonds is 7. The third kappa shape index (κ3) is 5.42. The van der Waals surface area contributed by atoms with Crippen LogP contribution in [0.1, 0.15) is 31.7 Å². The highest BCUT2D eigenvalue weighted by molar-refractivity contribution is 5.89. The first kappa shape index (κ1) is 15.0. The Morgan fingerprint density at radius 3 is 2.79 bits per heavy atom. The summed E-state index contributed by atoms with van der Waals surface area (Å²) < 4.78 is 4.96. The molecule has 102 valence electrons. The molecule has 3 nitrogen and oxygen atoms in total. The van der Waals surface area contributed by atoms with Crippen molar-refractivity contribution in [1.82, 2.24) is 0 Å².